The van der Waals surface area contributed by atoms with Crippen LogP contribution in [0.15, 0.2) is 29.4 Å². The van der Waals surface area contributed by atoms with Crippen molar-refractivity contribution in [1.82, 2.24) is 4.90 Å². The molecule has 1 heterocycles. The first-order chi connectivity index (χ1) is 11.0. The van der Waals surface area contributed by atoms with Gasteiger partial charge in [0.2, 0.25) is 5.91 Å². The van der Waals surface area contributed by atoms with Gasteiger partial charge in [0.25, 0.3) is 0 Å². The second kappa shape index (κ2) is 7.99. The zero-order chi connectivity index (χ0) is 16.8. The third-order valence-electron chi connectivity index (χ3n) is 3.88. The molecule has 1 atom stereocenters. The molecule has 1 aromatic rings. The summed E-state index contributed by atoms with van der Waals surface area (Å²) in [5.74, 6) is 1.000. The SMILES string of the molecule is CCCN(CC1CC(c2ccc(OC)cc2)=NO1)C(=O)C(C)C. The molecule has 1 aromatic carbocycles. The van der Waals surface area contributed by atoms with Crippen LogP contribution in [0.2, 0.25) is 0 Å². The third-order valence-corrected chi connectivity index (χ3v) is 3.88. The van der Waals surface area contributed by atoms with Gasteiger partial charge < -0.3 is 14.5 Å². The van der Waals surface area contributed by atoms with Crippen LogP contribution >= 0.6 is 0 Å². The lowest BCUT2D eigenvalue weighted by molar-refractivity contribution is -0.136. The van der Waals surface area contributed by atoms with Crippen molar-refractivity contribution in [2.24, 2.45) is 11.1 Å². The molecule has 1 aliphatic heterocycles. The Morgan fingerprint density at radius 1 is 1.39 bits per heavy atom. The van der Waals surface area contributed by atoms with Crippen LogP contribution in [0, 0.1) is 5.92 Å². The Balaban J connectivity index is 1.95. The molecule has 5 nitrogen and oxygen atoms in total. The van der Waals surface area contributed by atoms with E-state index in [4.69, 9.17) is 9.57 Å². The molecule has 0 saturated carbocycles. The summed E-state index contributed by atoms with van der Waals surface area (Å²) in [5, 5.41) is 4.20. The van der Waals surface area contributed by atoms with Crippen molar-refractivity contribution in [2.45, 2.75) is 39.7 Å². The predicted octanol–water partition coefficient (Wildman–Crippen LogP) is 3.08. The zero-order valence-corrected chi connectivity index (χ0v) is 14.4. The molecule has 1 unspecified atom stereocenters. The van der Waals surface area contributed by atoms with Crippen LogP contribution in [0.3, 0.4) is 0 Å². The standard InChI is InChI=1S/C18H26N2O3/c1-5-10-20(18(21)13(2)3)12-16-11-17(19-23-16)14-6-8-15(22-4)9-7-14/h6-9,13,16H,5,10-12H2,1-4H3. The fourth-order valence-corrected chi connectivity index (χ4v) is 2.65. The molecule has 0 spiro atoms. The maximum atomic E-state index is 12.3. The summed E-state index contributed by atoms with van der Waals surface area (Å²) in [6, 6.07) is 7.78. The average molecular weight is 318 g/mol. The van der Waals surface area contributed by atoms with E-state index >= 15 is 0 Å². The van der Waals surface area contributed by atoms with E-state index in [1.54, 1.807) is 7.11 Å². The lowest BCUT2D eigenvalue weighted by atomic mass is 10.0. The van der Waals surface area contributed by atoms with Crippen molar-refractivity contribution in [3.05, 3.63) is 29.8 Å². The van der Waals surface area contributed by atoms with E-state index in [-0.39, 0.29) is 17.9 Å². The van der Waals surface area contributed by atoms with Gasteiger partial charge in [-0.1, -0.05) is 25.9 Å². The fourth-order valence-electron chi connectivity index (χ4n) is 2.65. The first-order valence-electron chi connectivity index (χ1n) is 8.21. The van der Waals surface area contributed by atoms with E-state index < -0.39 is 0 Å². The minimum atomic E-state index is -0.0682. The second-order valence-corrected chi connectivity index (χ2v) is 6.14. The smallest absolute Gasteiger partial charge is 0.225 e. The molecule has 1 amide bonds. The number of carbonyl (C=O) groups excluding carboxylic acids is 1. The number of hydrogen-bond donors (Lipinski definition) is 0. The lowest BCUT2D eigenvalue weighted by Crippen LogP contribution is -2.40. The maximum absolute atomic E-state index is 12.3. The predicted molar refractivity (Wildman–Crippen MR) is 90.7 cm³/mol. The normalized spacial score (nSPS) is 16.9. The van der Waals surface area contributed by atoms with Crippen molar-refractivity contribution >= 4 is 11.6 Å². The molecule has 5 heteroatoms. The molecule has 126 valence electrons. The Kier molecular flexibility index (Phi) is 6.02. The minimum Gasteiger partial charge on any atom is -0.497 e. The van der Waals surface area contributed by atoms with Crippen LogP contribution in [0.25, 0.3) is 0 Å². The molecule has 0 radical (unpaired) electrons. The molecule has 0 fully saturated rings. The van der Waals surface area contributed by atoms with E-state index in [1.807, 2.05) is 43.0 Å². The van der Waals surface area contributed by atoms with Gasteiger partial charge in [-0.05, 0) is 36.2 Å². The van der Waals surface area contributed by atoms with Gasteiger partial charge in [-0.3, -0.25) is 4.79 Å². The molecular formula is C18H26N2O3. The van der Waals surface area contributed by atoms with Gasteiger partial charge >= 0.3 is 0 Å². The first-order valence-corrected chi connectivity index (χ1v) is 8.21. The summed E-state index contributed by atoms with van der Waals surface area (Å²) in [5.41, 5.74) is 1.96. The van der Waals surface area contributed by atoms with E-state index in [1.165, 1.54) is 0 Å². The second-order valence-electron chi connectivity index (χ2n) is 6.14. The fraction of sp³-hybridized carbons (Fsp3) is 0.556. The molecular weight excluding hydrogens is 292 g/mol. The summed E-state index contributed by atoms with van der Waals surface area (Å²) < 4.78 is 5.17. The number of rotatable bonds is 7. The molecule has 0 aliphatic carbocycles. The minimum absolute atomic E-state index is 0.00456. The van der Waals surface area contributed by atoms with Gasteiger partial charge in [-0.25, -0.2) is 0 Å². The number of ether oxygens (including phenoxy) is 1. The molecule has 1 aliphatic rings. The van der Waals surface area contributed by atoms with Crippen LogP contribution in [0.5, 0.6) is 5.75 Å². The van der Waals surface area contributed by atoms with Crippen LogP contribution in [0.4, 0.5) is 0 Å². The highest BCUT2D eigenvalue weighted by molar-refractivity contribution is 6.01. The number of oxime groups is 1. The Morgan fingerprint density at radius 3 is 2.65 bits per heavy atom. The van der Waals surface area contributed by atoms with E-state index in [0.717, 1.165) is 36.4 Å². The van der Waals surface area contributed by atoms with Gasteiger partial charge in [0.1, 0.15) is 5.75 Å². The number of carbonyl (C=O) groups is 1. The van der Waals surface area contributed by atoms with E-state index in [9.17, 15) is 4.79 Å². The molecule has 0 bridgehead atoms. The Bertz CT molecular complexity index is 552. The summed E-state index contributed by atoms with van der Waals surface area (Å²) in [6.45, 7) is 7.29. The zero-order valence-electron chi connectivity index (χ0n) is 14.4. The molecule has 23 heavy (non-hydrogen) atoms. The van der Waals surface area contributed by atoms with Crippen molar-refractivity contribution < 1.29 is 14.4 Å². The monoisotopic (exact) mass is 318 g/mol. The number of nitrogens with zero attached hydrogens (tertiary/aromatic N) is 2. The van der Waals surface area contributed by atoms with Crippen LogP contribution in [-0.2, 0) is 9.63 Å². The summed E-state index contributed by atoms with van der Waals surface area (Å²) in [7, 11) is 1.65. The molecule has 0 aromatic heterocycles. The van der Waals surface area contributed by atoms with Gasteiger partial charge in [0.15, 0.2) is 6.10 Å². The molecule has 0 N–H and O–H groups in total. The number of benzene rings is 1. The number of hydrogen-bond acceptors (Lipinski definition) is 4. The van der Waals surface area contributed by atoms with E-state index in [2.05, 4.69) is 12.1 Å². The van der Waals surface area contributed by atoms with E-state index in [0.29, 0.717) is 6.54 Å². The van der Waals surface area contributed by atoms with Gasteiger partial charge in [0, 0.05) is 18.9 Å². The highest BCUT2D eigenvalue weighted by Gasteiger charge is 2.27. The summed E-state index contributed by atoms with van der Waals surface area (Å²) >= 11 is 0. The highest BCUT2D eigenvalue weighted by Crippen LogP contribution is 2.20. The average Bonchev–Trinajstić information content (AvgIpc) is 3.02. The number of amides is 1. The topological polar surface area (TPSA) is 51.1 Å². The summed E-state index contributed by atoms with van der Waals surface area (Å²) in [4.78, 5) is 19.7. The quantitative estimate of drug-likeness (QED) is 0.776. The largest absolute Gasteiger partial charge is 0.497 e. The Hall–Kier alpha value is -2.04. The van der Waals surface area contributed by atoms with Gasteiger partial charge in [-0.15, -0.1) is 0 Å². The van der Waals surface area contributed by atoms with Crippen LogP contribution in [-0.4, -0.2) is 42.8 Å². The Morgan fingerprint density at radius 2 is 2.09 bits per heavy atom. The summed E-state index contributed by atoms with van der Waals surface area (Å²) in [6.07, 6.45) is 1.59. The maximum Gasteiger partial charge on any atom is 0.225 e. The Labute approximate surface area is 138 Å². The van der Waals surface area contributed by atoms with Gasteiger partial charge in [-0.2, -0.15) is 0 Å². The van der Waals surface area contributed by atoms with Crippen molar-refractivity contribution in [3.63, 3.8) is 0 Å². The third kappa shape index (κ3) is 4.47. The van der Waals surface area contributed by atoms with Gasteiger partial charge in [0.05, 0.1) is 19.4 Å². The van der Waals surface area contributed by atoms with Crippen LogP contribution in [0.1, 0.15) is 39.2 Å². The lowest BCUT2D eigenvalue weighted by Gasteiger charge is -2.26. The first kappa shape index (κ1) is 17.3. The highest BCUT2D eigenvalue weighted by atomic mass is 16.6. The van der Waals surface area contributed by atoms with Crippen molar-refractivity contribution in [2.75, 3.05) is 20.2 Å². The van der Waals surface area contributed by atoms with Crippen molar-refractivity contribution in [3.8, 4) is 5.75 Å². The molecule has 0 saturated heterocycles. The molecule has 2 rings (SSSR count). The van der Waals surface area contributed by atoms with Crippen molar-refractivity contribution in [1.29, 1.82) is 0 Å². The number of methoxy groups -OCH3 is 1. The van der Waals surface area contributed by atoms with Crippen LogP contribution < -0.4 is 4.74 Å².